The van der Waals surface area contributed by atoms with Crippen LogP contribution in [0.25, 0.3) is 0 Å². The van der Waals surface area contributed by atoms with E-state index in [1.54, 1.807) is 0 Å². The molecule has 4 N–H and O–H groups in total. The van der Waals surface area contributed by atoms with Crippen molar-refractivity contribution in [2.24, 2.45) is 0 Å². The van der Waals surface area contributed by atoms with Crippen LogP contribution in [0.15, 0.2) is 0 Å². The number of rotatable bonds is 6. The number of aromatic nitrogens is 6. The fourth-order valence-corrected chi connectivity index (χ4v) is 3.62. The number of fused-ring (bicyclic) bond motifs is 1. The molecule has 158 valence electrons. The summed E-state index contributed by atoms with van der Waals surface area (Å²) in [6.07, 6.45) is -1.70. The second kappa shape index (κ2) is 6.85. The molecule has 2 aliphatic heterocycles. The Balaban J connectivity index is 1.68. The summed E-state index contributed by atoms with van der Waals surface area (Å²) in [5, 5.41) is 51.0. The van der Waals surface area contributed by atoms with Gasteiger partial charge in [-0.05, 0) is 0 Å². The van der Waals surface area contributed by atoms with Gasteiger partial charge in [0.05, 0.1) is 13.2 Å². The second-order valence-electron chi connectivity index (χ2n) is 6.41. The third-order valence-electron chi connectivity index (χ3n) is 4.83. The number of carboxylic acids is 4. The van der Waals surface area contributed by atoms with Gasteiger partial charge in [-0.1, -0.05) is 10.4 Å². The molecule has 16 nitrogen and oxygen atoms in total. The molecule has 4 heterocycles. The summed E-state index contributed by atoms with van der Waals surface area (Å²) in [5.41, 5.74) is -2.83. The average molecular weight is 424 g/mol. The minimum atomic E-state index is -1.57. The van der Waals surface area contributed by atoms with Crippen molar-refractivity contribution < 1.29 is 49.1 Å². The van der Waals surface area contributed by atoms with Crippen LogP contribution < -0.4 is 0 Å². The van der Waals surface area contributed by atoms with Gasteiger partial charge in [0.2, 0.25) is 11.4 Å². The van der Waals surface area contributed by atoms with Crippen molar-refractivity contribution in [1.82, 2.24) is 30.0 Å². The van der Waals surface area contributed by atoms with Crippen molar-refractivity contribution in [3.63, 3.8) is 0 Å². The number of ether oxygens (including phenoxy) is 2. The van der Waals surface area contributed by atoms with Crippen molar-refractivity contribution in [1.29, 1.82) is 0 Å². The quantitative estimate of drug-likeness (QED) is 0.403. The molecule has 0 spiro atoms. The molecule has 0 aliphatic carbocycles. The highest BCUT2D eigenvalue weighted by Crippen LogP contribution is 2.40. The van der Waals surface area contributed by atoms with Gasteiger partial charge in [-0.2, -0.15) is 0 Å². The van der Waals surface area contributed by atoms with E-state index in [1.165, 1.54) is 0 Å². The van der Waals surface area contributed by atoms with E-state index in [4.69, 9.17) is 19.7 Å². The standard InChI is InChI=1S/C14H12N6O10/c21-11(22)5-7(13(25)26)19(17-15-5)3-1-29-10-4(2-30-9(3)10)20-8(14(27)28)6(12(23)24)16-18-20/h3-4,9-10H,1-2H2,(H,21,22)(H,23,24)(H,25,26)(H,27,28)/t3-,4+,9+,10-. The molecule has 2 aliphatic rings. The topological polar surface area (TPSA) is 229 Å². The Morgan fingerprint density at radius 3 is 1.37 bits per heavy atom. The van der Waals surface area contributed by atoms with Gasteiger partial charge in [-0.25, -0.2) is 28.5 Å². The number of nitrogens with zero attached hydrogens (tertiary/aromatic N) is 6. The number of carbonyl (C=O) groups is 4. The first-order valence-electron chi connectivity index (χ1n) is 8.29. The fraction of sp³-hybridized carbons (Fsp3) is 0.429. The number of aromatic carboxylic acids is 4. The lowest BCUT2D eigenvalue weighted by Crippen LogP contribution is -2.32. The van der Waals surface area contributed by atoms with Crippen LogP contribution in [0.4, 0.5) is 0 Å². The first-order valence-corrected chi connectivity index (χ1v) is 8.29. The lowest BCUT2D eigenvalue weighted by molar-refractivity contribution is 0.0564. The molecule has 4 rings (SSSR count). The van der Waals surface area contributed by atoms with Crippen LogP contribution in [0.2, 0.25) is 0 Å². The lowest BCUT2D eigenvalue weighted by Gasteiger charge is -2.18. The molecule has 0 unspecified atom stereocenters. The smallest absolute Gasteiger partial charge is 0.359 e. The van der Waals surface area contributed by atoms with Crippen molar-refractivity contribution >= 4 is 23.9 Å². The largest absolute Gasteiger partial charge is 0.476 e. The summed E-state index contributed by atoms with van der Waals surface area (Å²) in [5.74, 6) is -6.28. The normalized spacial score (nSPS) is 25.2. The summed E-state index contributed by atoms with van der Waals surface area (Å²) < 4.78 is 13.0. The molecule has 30 heavy (non-hydrogen) atoms. The van der Waals surface area contributed by atoms with Gasteiger partial charge in [0.15, 0.2) is 11.4 Å². The zero-order chi connectivity index (χ0) is 21.7. The minimum absolute atomic E-state index is 0.141. The van der Waals surface area contributed by atoms with Gasteiger partial charge in [0.25, 0.3) is 0 Å². The van der Waals surface area contributed by atoms with Crippen LogP contribution in [0.5, 0.6) is 0 Å². The first-order chi connectivity index (χ1) is 14.2. The van der Waals surface area contributed by atoms with Crippen molar-refractivity contribution in [3.05, 3.63) is 22.8 Å². The molecule has 16 heteroatoms. The highest BCUT2D eigenvalue weighted by atomic mass is 16.6. The van der Waals surface area contributed by atoms with Crippen LogP contribution in [0.3, 0.4) is 0 Å². The second-order valence-corrected chi connectivity index (χ2v) is 6.41. The number of hydrogen-bond acceptors (Lipinski definition) is 10. The van der Waals surface area contributed by atoms with Crippen LogP contribution in [0, 0.1) is 0 Å². The first kappa shape index (κ1) is 19.4. The Labute approximate surface area is 164 Å². The monoisotopic (exact) mass is 424 g/mol. The molecular weight excluding hydrogens is 412 g/mol. The van der Waals surface area contributed by atoms with Crippen LogP contribution in [-0.4, -0.2) is 99.7 Å². The van der Waals surface area contributed by atoms with Crippen molar-refractivity contribution in [2.45, 2.75) is 24.3 Å². The van der Waals surface area contributed by atoms with E-state index in [9.17, 15) is 29.4 Å². The maximum absolute atomic E-state index is 11.5. The van der Waals surface area contributed by atoms with Crippen LogP contribution in [0.1, 0.15) is 54.0 Å². The van der Waals surface area contributed by atoms with Crippen molar-refractivity contribution in [3.8, 4) is 0 Å². The van der Waals surface area contributed by atoms with E-state index < -0.39 is 70.9 Å². The van der Waals surface area contributed by atoms with Crippen LogP contribution >= 0.6 is 0 Å². The molecule has 4 atom stereocenters. The van der Waals surface area contributed by atoms with E-state index in [1.807, 2.05) is 0 Å². The number of hydrogen-bond donors (Lipinski definition) is 4. The summed E-state index contributed by atoms with van der Waals surface area (Å²) in [4.78, 5) is 45.5. The van der Waals surface area contributed by atoms with Gasteiger partial charge >= 0.3 is 23.9 Å². The lowest BCUT2D eigenvalue weighted by atomic mass is 10.1. The molecule has 0 saturated carbocycles. The predicted octanol–water partition coefficient (Wildman–Crippen LogP) is -1.76. The zero-order valence-corrected chi connectivity index (χ0v) is 14.6. The zero-order valence-electron chi connectivity index (χ0n) is 14.6. The molecule has 2 aromatic heterocycles. The minimum Gasteiger partial charge on any atom is -0.476 e. The Hall–Kier alpha value is -3.92. The van der Waals surface area contributed by atoms with E-state index >= 15 is 0 Å². The predicted molar refractivity (Wildman–Crippen MR) is 85.4 cm³/mol. The molecule has 0 aromatic carbocycles. The van der Waals surface area contributed by atoms with E-state index in [2.05, 4.69) is 20.6 Å². The Kier molecular flexibility index (Phi) is 4.43. The molecule has 2 saturated heterocycles. The molecular formula is C14H12N6O10. The molecule has 2 aromatic rings. The molecule has 0 radical (unpaired) electrons. The third-order valence-corrected chi connectivity index (χ3v) is 4.83. The van der Waals surface area contributed by atoms with E-state index in [0.717, 1.165) is 9.36 Å². The van der Waals surface area contributed by atoms with E-state index in [-0.39, 0.29) is 13.2 Å². The third kappa shape index (κ3) is 2.77. The SMILES string of the molecule is O=C(O)c1nnn([C@@H]2CO[C@H]3[C@H]2OC[C@@H]3n2nnc(C(=O)O)c2C(=O)O)c1C(=O)O. The maximum Gasteiger partial charge on any atom is 0.359 e. The van der Waals surface area contributed by atoms with Crippen molar-refractivity contribution in [2.75, 3.05) is 13.2 Å². The highest BCUT2D eigenvalue weighted by molar-refractivity contribution is 5.99. The maximum atomic E-state index is 11.5. The van der Waals surface area contributed by atoms with Gasteiger partial charge in [0, 0.05) is 0 Å². The average Bonchev–Trinajstić information content (AvgIpc) is 3.41. The molecule has 0 bridgehead atoms. The Morgan fingerprint density at radius 2 is 1.07 bits per heavy atom. The summed E-state index contributed by atoms with van der Waals surface area (Å²) in [7, 11) is 0. The summed E-state index contributed by atoms with van der Waals surface area (Å²) in [6, 6.07) is -1.75. The molecule has 0 amide bonds. The van der Waals surface area contributed by atoms with Gasteiger partial charge in [0.1, 0.15) is 24.3 Å². The van der Waals surface area contributed by atoms with Gasteiger partial charge < -0.3 is 29.9 Å². The van der Waals surface area contributed by atoms with E-state index in [0.29, 0.717) is 0 Å². The fourth-order valence-electron chi connectivity index (χ4n) is 3.62. The van der Waals surface area contributed by atoms with Gasteiger partial charge in [-0.15, -0.1) is 10.2 Å². The highest BCUT2D eigenvalue weighted by Gasteiger charge is 2.52. The number of carboxylic acid groups (broad SMARTS) is 4. The summed E-state index contributed by atoms with van der Waals surface area (Å²) >= 11 is 0. The van der Waals surface area contributed by atoms with Crippen LogP contribution in [-0.2, 0) is 9.47 Å². The Morgan fingerprint density at radius 1 is 0.700 bits per heavy atom. The van der Waals surface area contributed by atoms with Gasteiger partial charge in [-0.3, -0.25) is 0 Å². The summed E-state index contributed by atoms with van der Waals surface area (Å²) in [6.45, 7) is -0.283. The Bertz CT molecular complexity index is 991. The molecule has 2 fully saturated rings.